The number of phenols is 1. The Balaban J connectivity index is 2.07. The van der Waals surface area contributed by atoms with Crippen molar-refractivity contribution in [3.8, 4) is 28.6 Å². The predicted octanol–water partition coefficient (Wildman–Crippen LogP) is 3.47. The fourth-order valence-corrected chi connectivity index (χ4v) is 2.02. The van der Waals surface area contributed by atoms with E-state index in [0.29, 0.717) is 16.4 Å². The SMILES string of the molecule is Cc1cnccc1-c1noc(-c2cc(Cl)ccc2O)n1. The average molecular weight is 288 g/mol. The van der Waals surface area contributed by atoms with Crippen LogP contribution in [0.1, 0.15) is 5.56 Å². The second-order valence-corrected chi connectivity index (χ2v) is 4.71. The molecule has 0 aliphatic heterocycles. The van der Waals surface area contributed by atoms with Crippen molar-refractivity contribution in [2.45, 2.75) is 6.92 Å². The number of nitrogens with zero attached hydrogens (tertiary/aromatic N) is 3. The summed E-state index contributed by atoms with van der Waals surface area (Å²) in [5.74, 6) is 0.700. The summed E-state index contributed by atoms with van der Waals surface area (Å²) in [5.41, 5.74) is 2.18. The van der Waals surface area contributed by atoms with Gasteiger partial charge in [-0.3, -0.25) is 4.98 Å². The Morgan fingerprint density at radius 2 is 2.05 bits per heavy atom. The molecule has 0 bridgehead atoms. The van der Waals surface area contributed by atoms with Gasteiger partial charge in [0.1, 0.15) is 5.75 Å². The lowest BCUT2D eigenvalue weighted by atomic mass is 10.1. The summed E-state index contributed by atoms with van der Waals surface area (Å²) in [6.45, 7) is 1.91. The van der Waals surface area contributed by atoms with E-state index in [1.165, 1.54) is 6.07 Å². The van der Waals surface area contributed by atoms with E-state index >= 15 is 0 Å². The largest absolute Gasteiger partial charge is 0.507 e. The fourth-order valence-electron chi connectivity index (χ4n) is 1.85. The van der Waals surface area contributed by atoms with Crippen LogP contribution in [0.15, 0.2) is 41.2 Å². The van der Waals surface area contributed by atoms with Gasteiger partial charge >= 0.3 is 0 Å². The number of halogens is 1. The molecule has 3 aromatic rings. The first kappa shape index (κ1) is 12.6. The molecular formula is C14H10ClN3O2. The van der Waals surface area contributed by atoms with Crippen molar-refractivity contribution in [1.29, 1.82) is 0 Å². The lowest BCUT2D eigenvalue weighted by Gasteiger charge is -1.99. The van der Waals surface area contributed by atoms with E-state index in [4.69, 9.17) is 16.1 Å². The first-order valence-corrected chi connectivity index (χ1v) is 6.26. The van der Waals surface area contributed by atoms with Gasteiger partial charge in [-0.15, -0.1) is 0 Å². The van der Waals surface area contributed by atoms with Gasteiger partial charge < -0.3 is 9.63 Å². The number of hydrogen-bond acceptors (Lipinski definition) is 5. The molecule has 0 unspecified atom stereocenters. The first-order valence-electron chi connectivity index (χ1n) is 5.89. The number of phenolic OH excluding ortho intramolecular Hbond substituents is 1. The maximum Gasteiger partial charge on any atom is 0.262 e. The topological polar surface area (TPSA) is 72.0 Å². The molecule has 0 spiro atoms. The van der Waals surface area contributed by atoms with Crippen LogP contribution >= 0.6 is 11.6 Å². The standard InChI is InChI=1S/C14H10ClN3O2/c1-8-7-16-5-4-10(8)13-17-14(20-18-13)11-6-9(15)2-3-12(11)19/h2-7,19H,1H3. The molecule has 1 N–H and O–H groups in total. The van der Waals surface area contributed by atoms with Crippen LogP contribution in [0, 0.1) is 6.92 Å². The summed E-state index contributed by atoms with van der Waals surface area (Å²) in [7, 11) is 0. The molecule has 6 heteroatoms. The monoisotopic (exact) mass is 287 g/mol. The predicted molar refractivity (Wildman–Crippen MR) is 74.4 cm³/mol. The van der Waals surface area contributed by atoms with Crippen molar-refractivity contribution in [2.75, 3.05) is 0 Å². The van der Waals surface area contributed by atoms with Crippen LogP contribution in [0.25, 0.3) is 22.8 Å². The molecule has 0 aliphatic carbocycles. The highest BCUT2D eigenvalue weighted by atomic mass is 35.5. The molecule has 5 nitrogen and oxygen atoms in total. The number of aryl methyl sites for hydroxylation is 1. The van der Waals surface area contributed by atoms with E-state index < -0.39 is 0 Å². The number of benzene rings is 1. The van der Waals surface area contributed by atoms with Gasteiger partial charge in [-0.25, -0.2) is 0 Å². The number of pyridine rings is 1. The molecule has 2 heterocycles. The smallest absolute Gasteiger partial charge is 0.262 e. The minimum atomic E-state index is 0.0380. The zero-order valence-electron chi connectivity index (χ0n) is 10.5. The number of rotatable bonds is 2. The maximum atomic E-state index is 9.83. The van der Waals surface area contributed by atoms with E-state index in [0.717, 1.165) is 11.1 Å². The van der Waals surface area contributed by atoms with E-state index in [-0.39, 0.29) is 11.6 Å². The molecule has 0 saturated heterocycles. The summed E-state index contributed by atoms with van der Waals surface area (Å²) < 4.78 is 5.20. The maximum absolute atomic E-state index is 9.83. The van der Waals surface area contributed by atoms with Crippen molar-refractivity contribution in [3.05, 3.63) is 47.2 Å². The molecule has 0 aliphatic rings. The van der Waals surface area contributed by atoms with Crippen LogP contribution < -0.4 is 0 Å². The Bertz CT molecular complexity index is 771. The van der Waals surface area contributed by atoms with Crippen molar-refractivity contribution in [3.63, 3.8) is 0 Å². The zero-order valence-corrected chi connectivity index (χ0v) is 11.3. The molecule has 0 atom stereocenters. The highest BCUT2D eigenvalue weighted by Crippen LogP contribution is 2.32. The van der Waals surface area contributed by atoms with Crippen molar-refractivity contribution in [1.82, 2.24) is 15.1 Å². The molecule has 0 amide bonds. The minimum absolute atomic E-state index is 0.0380. The fraction of sp³-hybridized carbons (Fsp3) is 0.0714. The van der Waals surface area contributed by atoms with Crippen LogP contribution in [0.5, 0.6) is 5.75 Å². The van der Waals surface area contributed by atoms with Crippen molar-refractivity contribution in [2.24, 2.45) is 0 Å². The van der Waals surface area contributed by atoms with Gasteiger partial charge in [0, 0.05) is 23.0 Å². The third kappa shape index (κ3) is 2.23. The molecule has 100 valence electrons. The molecule has 0 radical (unpaired) electrons. The highest BCUT2D eigenvalue weighted by Gasteiger charge is 2.15. The molecule has 3 rings (SSSR count). The van der Waals surface area contributed by atoms with Crippen LogP contribution in [0.3, 0.4) is 0 Å². The lowest BCUT2D eigenvalue weighted by molar-refractivity contribution is 0.425. The van der Waals surface area contributed by atoms with Gasteiger partial charge in [-0.05, 0) is 36.8 Å². The molecule has 2 aromatic heterocycles. The first-order chi connectivity index (χ1) is 9.65. The highest BCUT2D eigenvalue weighted by molar-refractivity contribution is 6.30. The Kier molecular flexibility index (Phi) is 3.12. The molecule has 1 aromatic carbocycles. The third-order valence-corrected chi connectivity index (χ3v) is 3.11. The van der Waals surface area contributed by atoms with Gasteiger partial charge in [0.15, 0.2) is 0 Å². The summed E-state index contributed by atoms with van der Waals surface area (Å²) in [5, 5.41) is 14.2. The Hall–Kier alpha value is -2.40. The van der Waals surface area contributed by atoms with Crippen LogP contribution in [-0.4, -0.2) is 20.2 Å². The van der Waals surface area contributed by atoms with Crippen LogP contribution in [-0.2, 0) is 0 Å². The number of aromatic nitrogens is 3. The van der Waals surface area contributed by atoms with E-state index in [1.54, 1.807) is 24.5 Å². The second-order valence-electron chi connectivity index (χ2n) is 4.28. The number of hydrogen-bond donors (Lipinski definition) is 1. The van der Waals surface area contributed by atoms with Gasteiger partial charge in [-0.1, -0.05) is 16.8 Å². The summed E-state index contributed by atoms with van der Waals surface area (Å²) in [6, 6.07) is 6.46. The Morgan fingerprint density at radius 1 is 1.20 bits per heavy atom. The molecule has 0 fully saturated rings. The summed E-state index contributed by atoms with van der Waals surface area (Å²) in [4.78, 5) is 8.31. The Morgan fingerprint density at radius 3 is 2.85 bits per heavy atom. The van der Waals surface area contributed by atoms with E-state index in [9.17, 15) is 5.11 Å². The second kappa shape index (κ2) is 4.94. The normalized spacial score (nSPS) is 10.7. The summed E-state index contributed by atoms with van der Waals surface area (Å²) >= 11 is 5.91. The van der Waals surface area contributed by atoms with E-state index in [2.05, 4.69) is 15.1 Å². The quantitative estimate of drug-likeness (QED) is 0.781. The van der Waals surface area contributed by atoms with Crippen molar-refractivity contribution >= 4 is 11.6 Å². The zero-order chi connectivity index (χ0) is 14.1. The van der Waals surface area contributed by atoms with Crippen LogP contribution in [0.2, 0.25) is 5.02 Å². The Labute approximate surface area is 119 Å². The van der Waals surface area contributed by atoms with Gasteiger partial charge in [0.2, 0.25) is 5.82 Å². The molecule has 0 saturated carbocycles. The van der Waals surface area contributed by atoms with E-state index in [1.807, 2.05) is 13.0 Å². The average Bonchev–Trinajstić information content (AvgIpc) is 2.91. The molecular weight excluding hydrogens is 278 g/mol. The van der Waals surface area contributed by atoms with Gasteiger partial charge in [0.05, 0.1) is 5.56 Å². The lowest BCUT2D eigenvalue weighted by Crippen LogP contribution is -1.86. The van der Waals surface area contributed by atoms with Gasteiger partial charge in [-0.2, -0.15) is 4.98 Å². The van der Waals surface area contributed by atoms with Gasteiger partial charge in [0.25, 0.3) is 5.89 Å². The third-order valence-electron chi connectivity index (χ3n) is 2.88. The number of aromatic hydroxyl groups is 1. The molecule has 20 heavy (non-hydrogen) atoms. The van der Waals surface area contributed by atoms with Crippen molar-refractivity contribution < 1.29 is 9.63 Å². The minimum Gasteiger partial charge on any atom is -0.507 e. The summed E-state index contributed by atoms with van der Waals surface area (Å²) in [6.07, 6.45) is 3.39. The van der Waals surface area contributed by atoms with Crippen LogP contribution in [0.4, 0.5) is 0 Å².